The second-order valence-electron chi connectivity index (χ2n) is 8.73. The first-order valence-electron chi connectivity index (χ1n) is 12.4. The lowest BCUT2D eigenvalue weighted by Crippen LogP contribution is -2.41. The zero-order valence-electron chi connectivity index (χ0n) is 22.3. The molecule has 13 heteroatoms. The first-order chi connectivity index (χ1) is 20.6. The molecule has 218 valence electrons. The fourth-order valence-electron chi connectivity index (χ4n) is 3.94. The Balaban J connectivity index is 2.22. The van der Waals surface area contributed by atoms with Gasteiger partial charge in [-0.1, -0.05) is 83.7 Å². The van der Waals surface area contributed by atoms with Crippen LogP contribution in [0.5, 0.6) is 23.0 Å². The fourth-order valence-corrected chi connectivity index (χ4v) is 5.54. The van der Waals surface area contributed by atoms with Gasteiger partial charge < -0.3 is 19.7 Å². The average molecular weight is 674 g/mol. The van der Waals surface area contributed by atoms with Gasteiger partial charge in [0.05, 0.1) is 0 Å². The molecule has 3 rings (SSSR count). The molecule has 0 aliphatic carbocycles. The second kappa shape index (κ2) is 15.0. The molecule has 8 nitrogen and oxygen atoms in total. The third-order valence-corrected chi connectivity index (χ3v) is 8.41. The number of hydrogen-bond donors (Lipinski definition) is 2. The third-order valence-electron chi connectivity index (χ3n) is 5.99. The number of aromatic hydroxyl groups is 2. The number of rotatable bonds is 11. The molecule has 0 unspecified atom stereocenters. The standard InChI is InChI=1S/C30H20Cl4N4O4S/c1-2-9-30(10-12-43-11-8-17-6-4-3-5-7-17,41-28-20(15-37)18(13-35)26(39)22(31)24(28)33)42-29-21(16-38)19(14-36)27(40)23(32)25(29)34/h3-7,10,12,39-40H,2,8-9,11H2,1H3/b12-10+. The van der Waals surface area contributed by atoms with E-state index in [9.17, 15) is 31.3 Å². The smallest absolute Gasteiger partial charge is 0.272 e. The predicted octanol–water partition coefficient (Wildman–Crippen LogP) is 8.64. The molecule has 0 saturated heterocycles. The maximum Gasteiger partial charge on any atom is 0.272 e. The van der Waals surface area contributed by atoms with Gasteiger partial charge in [-0.05, 0) is 23.8 Å². The lowest BCUT2D eigenvalue weighted by atomic mass is 10.0. The summed E-state index contributed by atoms with van der Waals surface area (Å²) in [6.07, 6.45) is 2.68. The minimum atomic E-state index is -1.89. The normalized spacial score (nSPS) is 10.9. The SMILES string of the molecule is CCCC(/C=C/SCCc1ccccc1)(Oc1c(Cl)c(Cl)c(O)c(C#N)c1C#N)Oc1c(Cl)c(Cl)c(O)c(C#N)c1C#N. The molecule has 0 bridgehead atoms. The molecule has 0 amide bonds. The van der Waals surface area contributed by atoms with Crippen molar-refractivity contribution in [3.05, 3.63) is 89.7 Å². The molecule has 0 saturated carbocycles. The van der Waals surface area contributed by atoms with Gasteiger partial charge in [0.15, 0.2) is 23.0 Å². The van der Waals surface area contributed by atoms with Crippen LogP contribution in [0.15, 0.2) is 41.8 Å². The lowest BCUT2D eigenvalue weighted by Gasteiger charge is -2.34. The summed E-state index contributed by atoms with van der Waals surface area (Å²) in [6.45, 7) is 1.80. The number of benzene rings is 3. The van der Waals surface area contributed by atoms with E-state index in [2.05, 4.69) is 0 Å². The van der Waals surface area contributed by atoms with Crippen LogP contribution in [0.25, 0.3) is 0 Å². The number of nitrogens with zero attached hydrogens (tertiary/aromatic N) is 4. The highest BCUT2D eigenvalue weighted by atomic mass is 35.5. The summed E-state index contributed by atoms with van der Waals surface area (Å²) in [5, 5.41) is 59.8. The van der Waals surface area contributed by atoms with Crippen molar-refractivity contribution in [2.75, 3.05) is 5.75 Å². The van der Waals surface area contributed by atoms with Crippen LogP contribution < -0.4 is 9.47 Å². The van der Waals surface area contributed by atoms with Crippen molar-refractivity contribution in [3.63, 3.8) is 0 Å². The van der Waals surface area contributed by atoms with Gasteiger partial charge >= 0.3 is 0 Å². The lowest BCUT2D eigenvalue weighted by molar-refractivity contribution is -0.0774. The number of aryl methyl sites for hydroxylation is 1. The quantitative estimate of drug-likeness (QED) is 0.150. The van der Waals surface area contributed by atoms with E-state index in [0.29, 0.717) is 12.2 Å². The zero-order chi connectivity index (χ0) is 31.7. The van der Waals surface area contributed by atoms with E-state index in [4.69, 9.17) is 55.9 Å². The molecule has 2 N–H and O–H groups in total. The topological polar surface area (TPSA) is 154 Å². The summed E-state index contributed by atoms with van der Waals surface area (Å²) in [6, 6.07) is 16.8. The van der Waals surface area contributed by atoms with Gasteiger partial charge in [-0.3, -0.25) is 0 Å². The molecule has 0 aliphatic heterocycles. The number of hydrogen-bond acceptors (Lipinski definition) is 9. The van der Waals surface area contributed by atoms with Crippen LogP contribution in [-0.4, -0.2) is 21.8 Å². The van der Waals surface area contributed by atoms with E-state index in [1.54, 1.807) is 36.6 Å². The minimum absolute atomic E-state index is 0.0475. The predicted molar refractivity (Wildman–Crippen MR) is 166 cm³/mol. The second-order valence-corrected chi connectivity index (χ2v) is 11.3. The largest absolute Gasteiger partial charge is 0.505 e. The van der Waals surface area contributed by atoms with Crippen LogP contribution >= 0.6 is 58.2 Å². The summed E-state index contributed by atoms with van der Waals surface area (Å²) in [5.74, 6) is -3.40. The number of nitriles is 4. The maximum absolute atomic E-state index is 10.3. The number of ether oxygens (including phenoxy) is 2. The van der Waals surface area contributed by atoms with E-state index in [0.717, 1.165) is 12.0 Å². The van der Waals surface area contributed by atoms with Crippen molar-refractivity contribution < 1.29 is 19.7 Å². The Hall–Kier alpha value is -3.93. The van der Waals surface area contributed by atoms with Crippen LogP contribution in [0, 0.1) is 45.3 Å². The number of phenolic OH excluding ortho intramolecular Hbond substituents is 2. The highest BCUT2D eigenvalue weighted by Crippen LogP contribution is 2.49. The van der Waals surface area contributed by atoms with Gasteiger partial charge in [-0.2, -0.15) is 21.0 Å². The zero-order valence-corrected chi connectivity index (χ0v) is 26.1. The van der Waals surface area contributed by atoms with Gasteiger partial charge in [-0.15, -0.1) is 11.8 Å². The molecular weight excluding hydrogens is 654 g/mol. The van der Waals surface area contributed by atoms with Gasteiger partial charge in [0.2, 0.25) is 0 Å². The van der Waals surface area contributed by atoms with Crippen molar-refractivity contribution in [1.29, 1.82) is 21.0 Å². The molecule has 43 heavy (non-hydrogen) atoms. The first-order valence-corrected chi connectivity index (χ1v) is 14.9. The molecular formula is C30H20Cl4N4O4S. The summed E-state index contributed by atoms with van der Waals surface area (Å²) in [5.41, 5.74) is -0.673. The highest BCUT2D eigenvalue weighted by Gasteiger charge is 2.38. The summed E-state index contributed by atoms with van der Waals surface area (Å²) < 4.78 is 12.5. The summed E-state index contributed by atoms with van der Waals surface area (Å²) in [4.78, 5) is 0. The molecule has 3 aromatic carbocycles. The van der Waals surface area contributed by atoms with Crippen molar-refractivity contribution in [1.82, 2.24) is 0 Å². The van der Waals surface area contributed by atoms with E-state index in [1.807, 2.05) is 30.3 Å². The van der Waals surface area contributed by atoms with Gasteiger partial charge in [0.25, 0.3) is 5.79 Å². The Morgan fingerprint density at radius 2 is 1.23 bits per heavy atom. The Bertz CT molecular complexity index is 1640. The Morgan fingerprint density at radius 3 is 1.65 bits per heavy atom. The average Bonchev–Trinajstić information content (AvgIpc) is 3.01. The molecule has 0 fully saturated rings. The summed E-state index contributed by atoms with van der Waals surface area (Å²) in [7, 11) is 0. The molecule has 0 spiro atoms. The molecule has 0 atom stereocenters. The van der Waals surface area contributed by atoms with E-state index < -0.39 is 49.6 Å². The number of phenols is 2. The minimum Gasteiger partial charge on any atom is -0.505 e. The van der Waals surface area contributed by atoms with Crippen LogP contribution in [0.2, 0.25) is 20.1 Å². The first kappa shape index (κ1) is 33.6. The van der Waals surface area contributed by atoms with Gasteiger partial charge in [-0.25, -0.2) is 0 Å². The molecule has 3 aromatic rings. The Kier molecular flexibility index (Phi) is 11.7. The van der Waals surface area contributed by atoms with Crippen molar-refractivity contribution in [3.8, 4) is 47.3 Å². The monoisotopic (exact) mass is 672 g/mol. The van der Waals surface area contributed by atoms with Crippen LogP contribution in [-0.2, 0) is 6.42 Å². The molecule has 0 radical (unpaired) electrons. The van der Waals surface area contributed by atoms with Gasteiger partial charge in [0.1, 0.15) is 66.6 Å². The van der Waals surface area contributed by atoms with E-state index in [-0.39, 0.29) is 28.0 Å². The van der Waals surface area contributed by atoms with Crippen LogP contribution in [0.1, 0.15) is 47.6 Å². The van der Waals surface area contributed by atoms with E-state index in [1.165, 1.54) is 17.8 Å². The van der Waals surface area contributed by atoms with Crippen LogP contribution in [0.3, 0.4) is 0 Å². The number of thioether (sulfide) groups is 1. The highest BCUT2D eigenvalue weighted by molar-refractivity contribution is 8.02. The molecule has 0 aromatic heterocycles. The number of halogens is 4. The van der Waals surface area contributed by atoms with Crippen molar-refractivity contribution in [2.24, 2.45) is 0 Å². The van der Waals surface area contributed by atoms with Crippen LogP contribution in [0.4, 0.5) is 0 Å². The third kappa shape index (κ3) is 7.18. The van der Waals surface area contributed by atoms with E-state index >= 15 is 0 Å². The Morgan fingerprint density at radius 1 is 0.767 bits per heavy atom. The van der Waals surface area contributed by atoms with Crippen molar-refractivity contribution in [2.45, 2.75) is 32.0 Å². The molecule has 0 heterocycles. The Labute approximate surface area is 272 Å². The van der Waals surface area contributed by atoms with Gasteiger partial charge in [0, 0.05) is 18.2 Å². The maximum atomic E-state index is 10.3. The summed E-state index contributed by atoms with van der Waals surface area (Å²) >= 11 is 26.6. The van der Waals surface area contributed by atoms with Crippen molar-refractivity contribution >= 4 is 58.2 Å². The molecule has 0 aliphatic rings. The fraction of sp³-hybridized carbons (Fsp3) is 0.200.